The Morgan fingerprint density at radius 1 is 1.35 bits per heavy atom. The summed E-state index contributed by atoms with van der Waals surface area (Å²) in [6.07, 6.45) is 3.47. The van der Waals surface area contributed by atoms with Crippen molar-refractivity contribution in [2.45, 2.75) is 37.5 Å². The zero-order valence-electron chi connectivity index (χ0n) is 11.0. The summed E-state index contributed by atoms with van der Waals surface area (Å²) >= 11 is 0. The fourth-order valence-electron chi connectivity index (χ4n) is 2.80. The first kappa shape index (κ1) is 13.2. The molecule has 0 unspecified atom stereocenters. The van der Waals surface area contributed by atoms with Gasteiger partial charge in [-0.2, -0.15) is 0 Å². The molecule has 2 aromatic rings. The van der Waals surface area contributed by atoms with Crippen LogP contribution in [0.4, 0.5) is 4.39 Å². The Morgan fingerprint density at radius 3 is 3.00 bits per heavy atom. The van der Waals surface area contributed by atoms with Crippen molar-refractivity contribution in [2.75, 3.05) is 0 Å². The molecule has 1 aliphatic rings. The number of rotatable bonds is 2. The molecule has 1 aliphatic carbocycles. The van der Waals surface area contributed by atoms with E-state index in [1.54, 1.807) is 23.0 Å². The third-order valence-corrected chi connectivity index (χ3v) is 3.88. The Bertz CT molecular complexity index is 600. The Hall–Kier alpha value is -1.79. The second-order valence-electron chi connectivity index (χ2n) is 5.23. The van der Waals surface area contributed by atoms with E-state index in [1.165, 1.54) is 12.1 Å². The van der Waals surface area contributed by atoms with Crippen LogP contribution < -0.4 is 5.73 Å². The average molecular weight is 276 g/mol. The minimum absolute atomic E-state index is 0.209. The normalized spacial score (nSPS) is 26.6. The first-order chi connectivity index (χ1) is 9.66. The predicted molar refractivity (Wildman–Crippen MR) is 72.3 cm³/mol. The highest BCUT2D eigenvalue weighted by Crippen LogP contribution is 2.31. The lowest BCUT2D eigenvalue weighted by atomic mass is 9.88. The average Bonchev–Trinajstić information content (AvgIpc) is 2.91. The molecule has 106 valence electrons. The van der Waals surface area contributed by atoms with E-state index in [1.807, 2.05) is 0 Å². The van der Waals surface area contributed by atoms with Crippen LogP contribution in [0.15, 0.2) is 30.5 Å². The zero-order chi connectivity index (χ0) is 14.1. The van der Waals surface area contributed by atoms with Crippen molar-refractivity contribution in [3.63, 3.8) is 0 Å². The third-order valence-electron chi connectivity index (χ3n) is 3.88. The molecule has 5 nitrogen and oxygen atoms in total. The molecule has 3 rings (SSSR count). The molecule has 1 aromatic heterocycles. The van der Waals surface area contributed by atoms with Crippen LogP contribution in [0.5, 0.6) is 0 Å². The van der Waals surface area contributed by atoms with Gasteiger partial charge in [-0.05, 0) is 31.4 Å². The van der Waals surface area contributed by atoms with Gasteiger partial charge in [-0.25, -0.2) is 9.07 Å². The molecule has 1 heterocycles. The van der Waals surface area contributed by atoms with Crippen molar-refractivity contribution in [1.82, 2.24) is 15.0 Å². The molecule has 20 heavy (non-hydrogen) atoms. The number of benzene rings is 1. The third kappa shape index (κ3) is 2.32. The summed E-state index contributed by atoms with van der Waals surface area (Å²) < 4.78 is 15.0. The van der Waals surface area contributed by atoms with Crippen molar-refractivity contribution in [1.29, 1.82) is 0 Å². The Balaban J connectivity index is 1.98. The molecule has 6 heteroatoms. The van der Waals surface area contributed by atoms with E-state index in [2.05, 4.69) is 10.3 Å². The van der Waals surface area contributed by atoms with Gasteiger partial charge in [0.15, 0.2) is 0 Å². The van der Waals surface area contributed by atoms with E-state index >= 15 is 0 Å². The van der Waals surface area contributed by atoms with Gasteiger partial charge < -0.3 is 10.8 Å². The Morgan fingerprint density at radius 2 is 2.20 bits per heavy atom. The summed E-state index contributed by atoms with van der Waals surface area (Å²) in [6, 6.07) is 5.81. The molecular formula is C14H17FN4O. The summed E-state index contributed by atoms with van der Waals surface area (Å²) in [5, 5.41) is 18.2. The summed E-state index contributed by atoms with van der Waals surface area (Å²) in [6.45, 7) is 0. The van der Waals surface area contributed by atoms with Gasteiger partial charge in [0.25, 0.3) is 0 Å². The summed E-state index contributed by atoms with van der Waals surface area (Å²) in [7, 11) is 0. The van der Waals surface area contributed by atoms with Crippen LogP contribution >= 0.6 is 0 Å². The SMILES string of the molecule is N[C@@H]1CCC[C@H](n2nncc2-c2cccc(F)c2)[C@H]1O. The topological polar surface area (TPSA) is 77.0 Å². The highest BCUT2D eigenvalue weighted by molar-refractivity contribution is 5.58. The second-order valence-corrected chi connectivity index (χ2v) is 5.23. The van der Waals surface area contributed by atoms with Gasteiger partial charge in [0.1, 0.15) is 5.82 Å². The Kier molecular flexibility index (Phi) is 3.50. The van der Waals surface area contributed by atoms with Crippen molar-refractivity contribution >= 4 is 0 Å². The number of aromatic nitrogens is 3. The number of nitrogens with two attached hydrogens (primary N) is 1. The largest absolute Gasteiger partial charge is 0.389 e. The maximum Gasteiger partial charge on any atom is 0.123 e. The highest BCUT2D eigenvalue weighted by Gasteiger charge is 2.32. The molecule has 0 aliphatic heterocycles. The number of halogens is 1. The van der Waals surface area contributed by atoms with Gasteiger partial charge >= 0.3 is 0 Å². The van der Waals surface area contributed by atoms with Crippen LogP contribution in [0.2, 0.25) is 0 Å². The lowest BCUT2D eigenvalue weighted by molar-refractivity contribution is 0.0514. The molecule has 1 aromatic carbocycles. The van der Waals surface area contributed by atoms with Crippen molar-refractivity contribution in [3.05, 3.63) is 36.3 Å². The molecular weight excluding hydrogens is 259 g/mol. The summed E-state index contributed by atoms with van der Waals surface area (Å²) in [5.74, 6) is -0.309. The smallest absolute Gasteiger partial charge is 0.123 e. The lowest BCUT2D eigenvalue weighted by Gasteiger charge is -2.33. The van der Waals surface area contributed by atoms with Crippen molar-refractivity contribution in [2.24, 2.45) is 5.73 Å². The fraction of sp³-hybridized carbons (Fsp3) is 0.429. The first-order valence-electron chi connectivity index (χ1n) is 6.76. The van der Waals surface area contributed by atoms with Gasteiger partial charge in [-0.3, -0.25) is 0 Å². The minimum atomic E-state index is -0.655. The minimum Gasteiger partial charge on any atom is -0.389 e. The maximum atomic E-state index is 13.4. The number of aliphatic hydroxyl groups is 1. The number of nitrogens with zero attached hydrogens (tertiary/aromatic N) is 3. The number of hydrogen-bond acceptors (Lipinski definition) is 4. The summed E-state index contributed by atoms with van der Waals surface area (Å²) in [4.78, 5) is 0. The van der Waals surface area contributed by atoms with E-state index in [-0.39, 0.29) is 17.9 Å². The molecule has 1 fully saturated rings. The van der Waals surface area contributed by atoms with Crippen LogP contribution in [-0.4, -0.2) is 32.2 Å². The Labute approximate surface area is 116 Å². The molecule has 0 radical (unpaired) electrons. The van der Waals surface area contributed by atoms with Gasteiger partial charge in [-0.15, -0.1) is 5.10 Å². The van der Waals surface area contributed by atoms with Crippen LogP contribution in [-0.2, 0) is 0 Å². The quantitative estimate of drug-likeness (QED) is 0.871. The number of hydrogen-bond donors (Lipinski definition) is 2. The molecule has 1 saturated carbocycles. The van der Waals surface area contributed by atoms with E-state index < -0.39 is 6.10 Å². The second kappa shape index (κ2) is 5.30. The predicted octanol–water partition coefficient (Wildman–Crippen LogP) is 1.50. The monoisotopic (exact) mass is 276 g/mol. The molecule has 3 N–H and O–H groups in total. The highest BCUT2D eigenvalue weighted by atomic mass is 19.1. The zero-order valence-corrected chi connectivity index (χ0v) is 11.0. The lowest BCUT2D eigenvalue weighted by Crippen LogP contribution is -2.44. The van der Waals surface area contributed by atoms with Gasteiger partial charge in [0.2, 0.25) is 0 Å². The van der Waals surface area contributed by atoms with Crippen LogP contribution in [0.1, 0.15) is 25.3 Å². The molecule has 0 spiro atoms. The molecule has 0 bridgehead atoms. The summed E-state index contributed by atoms with van der Waals surface area (Å²) in [5.41, 5.74) is 7.31. The van der Waals surface area contributed by atoms with Gasteiger partial charge in [-0.1, -0.05) is 17.3 Å². The molecule has 3 atom stereocenters. The van der Waals surface area contributed by atoms with Crippen LogP contribution in [0.25, 0.3) is 11.3 Å². The van der Waals surface area contributed by atoms with Gasteiger partial charge in [0, 0.05) is 11.6 Å². The van der Waals surface area contributed by atoms with Crippen LogP contribution in [0.3, 0.4) is 0 Å². The molecule has 0 amide bonds. The van der Waals surface area contributed by atoms with Crippen molar-refractivity contribution < 1.29 is 9.50 Å². The van der Waals surface area contributed by atoms with Crippen LogP contribution in [0, 0.1) is 5.82 Å². The van der Waals surface area contributed by atoms with E-state index in [9.17, 15) is 9.50 Å². The van der Waals surface area contributed by atoms with Gasteiger partial charge in [0.05, 0.1) is 24.0 Å². The number of aliphatic hydroxyl groups excluding tert-OH is 1. The molecule has 0 saturated heterocycles. The first-order valence-corrected chi connectivity index (χ1v) is 6.76. The standard InChI is InChI=1S/C14H17FN4O/c15-10-4-1-3-9(7-10)13-8-17-18-19(13)12-6-2-5-11(16)14(12)20/h1,3-4,7-8,11-12,14,20H,2,5-6,16H2/t11-,12+,14+/m1/s1. The fourth-order valence-corrected chi connectivity index (χ4v) is 2.80. The van der Waals surface area contributed by atoms with E-state index in [4.69, 9.17) is 5.73 Å². The van der Waals surface area contributed by atoms with Crippen molar-refractivity contribution in [3.8, 4) is 11.3 Å². The van der Waals surface area contributed by atoms with E-state index in [0.717, 1.165) is 19.3 Å². The van der Waals surface area contributed by atoms with E-state index in [0.29, 0.717) is 11.3 Å². The maximum absolute atomic E-state index is 13.4.